The summed E-state index contributed by atoms with van der Waals surface area (Å²) in [5, 5.41) is 12.8. The number of nitrogens with one attached hydrogen (secondary N) is 1. The number of hydrogen-bond acceptors (Lipinski definition) is 3. The molecule has 27 heavy (non-hydrogen) atoms. The summed E-state index contributed by atoms with van der Waals surface area (Å²) in [6.07, 6.45) is 1.38. The molecule has 0 aliphatic rings. The van der Waals surface area contributed by atoms with Gasteiger partial charge in [-0.3, -0.25) is 4.79 Å². The molecule has 0 spiro atoms. The molecular formula is C21H14Cl2N2O2. The number of carbonyl (C=O) groups is 1. The van der Waals surface area contributed by atoms with Crippen LogP contribution in [0.2, 0.25) is 10.0 Å². The molecule has 6 heteroatoms. The number of nitriles is 1. The van der Waals surface area contributed by atoms with Crippen molar-refractivity contribution in [2.45, 2.75) is 6.92 Å². The van der Waals surface area contributed by atoms with Crippen LogP contribution in [0.15, 0.2) is 64.6 Å². The fourth-order valence-electron chi connectivity index (χ4n) is 2.48. The molecule has 1 aromatic heterocycles. The zero-order valence-corrected chi connectivity index (χ0v) is 15.8. The fourth-order valence-corrected chi connectivity index (χ4v) is 2.88. The molecule has 2 aromatic carbocycles. The van der Waals surface area contributed by atoms with E-state index in [-0.39, 0.29) is 5.57 Å². The zero-order chi connectivity index (χ0) is 19.4. The molecule has 0 aliphatic heterocycles. The lowest BCUT2D eigenvalue weighted by molar-refractivity contribution is -0.112. The average Bonchev–Trinajstić information content (AvgIpc) is 3.10. The molecule has 0 radical (unpaired) electrons. The summed E-state index contributed by atoms with van der Waals surface area (Å²) in [5.74, 6) is 0.337. The van der Waals surface area contributed by atoms with E-state index in [0.717, 1.165) is 5.56 Å². The Kier molecular flexibility index (Phi) is 5.66. The molecule has 0 saturated heterocycles. The lowest BCUT2D eigenvalue weighted by atomic mass is 10.2. The molecule has 0 bridgehead atoms. The molecule has 1 amide bonds. The van der Waals surface area contributed by atoms with Gasteiger partial charge in [0.25, 0.3) is 5.91 Å². The van der Waals surface area contributed by atoms with Crippen molar-refractivity contribution in [1.29, 1.82) is 5.26 Å². The zero-order valence-electron chi connectivity index (χ0n) is 14.3. The Balaban J connectivity index is 1.84. The van der Waals surface area contributed by atoms with Crippen LogP contribution in [0.25, 0.3) is 17.4 Å². The van der Waals surface area contributed by atoms with Crippen LogP contribution in [-0.4, -0.2) is 5.91 Å². The van der Waals surface area contributed by atoms with E-state index in [0.29, 0.717) is 32.8 Å². The van der Waals surface area contributed by atoms with Crippen LogP contribution in [0.4, 0.5) is 5.69 Å². The third-order valence-corrected chi connectivity index (χ3v) is 4.59. The maximum atomic E-state index is 12.4. The number of anilines is 1. The molecular weight excluding hydrogens is 383 g/mol. The summed E-state index contributed by atoms with van der Waals surface area (Å²) in [5.41, 5.74) is 2.18. The minimum Gasteiger partial charge on any atom is -0.457 e. The van der Waals surface area contributed by atoms with Crippen LogP contribution in [0.3, 0.4) is 0 Å². The van der Waals surface area contributed by atoms with Gasteiger partial charge in [0.15, 0.2) is 0 Å². The second-order valence-electron chi connectivity index (χ2n) is 5.80. The first-order valence-corrected chi connectivity index (χ1v) is 8.77. The third-order valence-electron chi connectivity index (χ3n) is 3.77. The number of hydrogen-bond donors (Lipinski definition) is 1. The van der Waals surface area contributed by atoms with Crippen molar-refractivity contribution in [3.05, 3.63) is 81.5 Å². The number of nitrogens with zero attached hydrogens (tertiary/aromatic N) is 1. The maximum Gasteiger partial charge on any atom is 0.266 e. The van der Waals surface area contributed by atoms with E-state index in [2.05, 4.69) is 5.32 Å². The van der Waals surface area contributed by atoms with E-state index in [1.807, 2.05) is 31.2 Å². The Morgan fingerprint density at radius 1 is 1.15 bits per heavy atom. The van der Waals surface area contributed by atoms with Gasteiger partial charge in [0.05, 0.1) is 10.0 Å². The second-order valence-corrected chi connectivity index (χ2v) is 6.58. The number of aryl methyl sites for hydroxylation is 1. The van der Waals surface area contributed by atoms with Gasteiger partial charge in [-0.05, 0) is 48.9 Å². The molecule has 3 aromatic rings. The van der Waals surface area contributed by atoms with Gasteiger partial charge in [0.1, 0.15) is 23.2 Å². The van der Waals surface area contributed by atoms with Gasteiger partial charge in [-0.1, -0.05) is 41.4 Å². The first-order valence-electron chi connectivity index (χ1n) is 8.02. The van der Waals surface area contributed by atoms with Gasteiger partial charge in [0.2, 0.25) is 0 Å². The topological polar surface area (TPSA) is 66.0 Å². The molecule has 0 atom stereocenters. The van der Waals surface area contributed by atoms with Crippen LogP contribution in [0.5, 0.6) is 0 Å². The van der Waals surface area contributed by atoms with Gasteiger partial charge in [-0.25, -0.2) is 0 Å². The van der Waals surface area contributed by atoms with E-state index in [4.69, 9.17) is 27.6 Å². The first-order chi connectivity index (χ1) is 13.0. The summed E-state index contributed by atoms with van der Waals surface area (Å²) in [7, 11) is 0. The first kappa shape index (κ1) is 18.8. The predicted molar refractivity (Wildman–Crippen MR) is 108 cm³/mol. The summed E-state index contributed by atoms with van der Waals surface area (Å²) >= 11 is 12.2. The highest BCUT2D eigenvalue weighted by Crippen LogP contribution is 2.34. The Morgan fingerprint density at radius 3 is 2.67 bits per heavy atom. The van der Waals surface area contributed by atoms with Gasteiger partial charge < -0.3 is 9.73 Å². The molecule has 0 unspecified atom stereocenters. The molecule has 1 N–H and O–H groups in total. The van der Waals surface area contributed by atoms with Crippen LogP contribution in [0.1, 0.15) is 11.3 Å². The van der Waals surface area contributed by atoms with Crippen LogP contribution in [-0.2, 0) is 4.79 Å². The summed E-state index contributed by atoms with van der Waals surface area (Å²) in [6, 6.07) is 17.8. The highest BCUT2D eigenvalue weighted by Gasteiger charge is 2.13. The lowest BCUT2D eigenvalue weighted by Crippen LogP contribution is -2.13. The molecule has 4 nitrogen and oxygen atoms in total. The van der Waals surface area contributed by atoms with Crippen LogP contribution in [0, 0.1) is 18.3 Å². The smallest absolute Gasteiger partial charge is 0.266 e. The van der Waals surface area contributed by atoms with E-state index < -0.39 is 5.91 Å². The lowest BCUT2D eigenvalue weighted by Gasteiger charge is -2.04. The van der Waals surface area contributed by atoms with E-state index in [1.165, 1.54) is 6.08 Å². The van der Waals surface area contributed by atoms with Crippen molar-refractivity contribution < 1.29 is 9.21 Å². The number of rotatable bonds is 4. The van der Waals surface area contributed by atoms with Crippen LogP contribution < -0.4 is 5.32 Å². The monoisotopic (exact) mass is 396 g/mol. The average molecular weight is 397 g/mol. The second kappa shape index (κ2) is 8.13. The van der Waals surface area contributed by atoms with Crippen LogP contribution >= 0.6 is 23.2 Å². The SMILES string of the molecule is Cc1cccc(NC(=O)/C(C#N)=C/c2ccc(-c3cccc(Cl)c3Cl)o2)c1. The largest absolute Gasteiger partial charge is 0.457 e. The molecule has 134 valence electrons. The van der Waals surface area contributed by atoms with Crippen molar-refractivity contribution in [1.82, 2.24) is 0 Å². The van der Waals surface area contributed by atoms with Crippen molar-refractivity contribution in [3.63, 3.8) is 0 Å². The molecule has 1 heterocycles. The van der Waals surface area contributed by atoms with Crippen molar-refractivity contribution in [3.8, 4) is 17.4 Å². The van der Waals surface area contributed by atoms with E-state index >= 15 is 0 Å². The quantitative estimate of drug-likeness (QED) is 0.427. The number of amides is 1. The Morgan fingerprint density at radius 2 is 1.93 bits per heavy atom. The Labute approximate surface area is 166 Å². The maximum absolute atomic E-state index is 12.4. The summed E-state index contributed by atoms with van der Waals surface area (Å²) in [4.78, 5) is 12.4. The van der Waals surface area contributed by atoms with Gasteiger partial charge in [0, 0.05) is 17.3 Å². The van der Waals surface area contributed by atoms with Crippen molar-refractivity contribution in [2.24, 2.45) is 0 Å². The van der Waals surface area contributed by atoms with Gasteiger partial charge in [-0.15, -0.1) is 0 Å². The Hall–Kier alpha value is -3.00. The highest BCUT2D eigenvalue weighted by molar-refractivity contribution is 6.43. The normalized spacial score (nSPS) is 11.1. The predicted octanol–water partition coefficient (Wildman–Crippen LogP) is 6.11. The molecule has 3 rings (SSSR count). The number of carbonyl (C=O) groups excluding carboxylic acids is 1. The third kappa shape index (κ3) is 4.40. The number of furan rings is 1. The van der Waals surface area contributed by atoms with Gasteiger partial charge >= 0.3 is 0 Å². The minimum atomic E-state index is -0.512. The molecule has 0 aliphatic carbocycles. The van der Waals surface area contributed by atoms with E-state index in [9.17, 15) is 10.1 Å². The highest BCUT2D eigenvalue weighted by atomic mass is 35.5. The minimum absolute atomic E-state index is 0.0744. The van der Waals surface area contributed by atoms with E-state index in [1.54, 1.807) is 36.4 Å². The van der Waals surface area contributed by atoms with Gasteiger partial charge in [-0.2, -0.15) is 5.26 Å². The van der Waals surface area contributed by atoms with Crippen molar-refractivity contribution >= 4 is 40.9 Å². The Bertz CT molecular complexity index is 1080. The summed E-state index contributed by atoms with van der Waals surface area (Å²) in [6.45, 7) is 1.92. The standard InChI is InChI=1S/C21H14Cl2N2O2/c1-13-4-2-5-15(10-13)25-21(26)14(12-24)11-16-8-9-19(27-16)17-6-3-7-18(22)20(17)23/h2-11H,1H3,(H,25,26)/b14-11+. The molecule has 0 saturated carbocycles. The molecule has 0 fully saturated rings. The summed E-state index contributed by atoms with van der Waals surface area (Å²) < 4.78 is 5.71. The number of benzene rings is 2. The van der Waals surface area contributed by atoms with Crippen molar-refractivity contribution in [2.75, 3.05) is 5.32 Å². The number of halogens is 2. The fraction of sp³-hybridized carbons (Fsp3) is 0.0476.